The Hall–Kier alpha value is -1.27. The van der Waals surface area contributed by atoms with Crippen LogP contribution in [0.3, 0.4) is 0 Å². The third-order valence-electron chi connectivity index (χ3n) is 10.8. The SMILES string of the molecule is CCCCCCCCCCCCCC(=O)C(CCCCC)CCC(CCCCC(=O)OCC(O)CO)C(=O)CCCCCCCCCCCCC. The van der Waals surface area contributed by atoms with Gasteiger partial charge >= 0.3 is 5.97 Å². The molecule has 0 bridgehead atoms. The normalized spacial score (nSPS) is 13.3. The summed E-state index contributed by atoms with van der Waals surface area (Å²) >= 11 is 0. The predicted molar refractivity (Wildman–Crippen MR) is 215 cm³/mol. The third kappa shape index (κ3) is 33.1. The van der Waals surface area contributed by atoms with Crippen LogP contribution >= 0.6 is 0 Å². The molecule has 0 aliphatic carbocycles. The van der Waals surface area contributed by atoms with Gasteiger partial charge in [0.05, 0.1) is 6.61 Å². The van der Waals surface area contributed by atoms with Gasteiger partial charge in [0.15, 0.2) is 0 Å². The van der Waals surface area contributed by atoms with E-state index in [0.717, 1.165) is 77.0 Å². The van der Waals surface area contributed by atoms with E-state index in [1.165, 1.54) is 116 Å². The van der Waals surface area contributed by atoms with Gasteiger partial charge in [-0.2, -0.15) is 0 Å². The summed E-state index contributed by atoms with van der Waals surface area (Å²) in [7, 11) is 0. The van der Waals surface area contributed by atoms with E-state index in [9.17, 15) is 19.5 Å². The lowest BCUT2D eigenvalue weighted by molar-refractivity contribution is -0.147. The summed E-state index contributed by atoms with van der Waals surface area (Å²) < 4.78 is 5.05. The van der Waals surface area contributed by atoms with Crippen LogP contribution in [0.15, 0.2) is 0 Å². The number of aliphatic hydroxyl groups is 2. The molecular weight excluding hydrogens is 636 g/mol. The quantitative estimate of drug-likeness (QED) is 0.0481. The second kappa shape index (κ2) is 38.5. The Bertz CT molecular complexity index is 783. The number of hydrogen-bond acceptors (Lipinski definition) is 6. The van der Waals surface area contributed by atoms with Crippen LogP contribution in [0.5, 0.6) is 0 Å². The fourth-order valence-corrected chi connectivity index (χ4v) is 7.28. The lowest BCUT2D eigenvalue weighted by Gasteiger charge is -2.21. The van der Waals surface area contributed by atoms with Crippen molar-refractivity contribution in [1.82, 2.24) is 0 Å². The molecule has 51 heavy (non-hydrogen) atoms. The highest BCUT2D eigenvalue weighted by molar-refractivity contribution is 5.82. The number of aliphatic hydroxyl groups excluding tert-OH is 2. The Labute approximate surface area is 316 Å². The van der Waals surface area contributed by atoms with Gasteiger partial charge < -0.3 is 14.9 Å². The van der Waals surface area contributed by atoms with Gasteiger partial charge in [0.25, 0.3) is 0 Å². The first-order valence-electron chi connectivity index (χ1n) is 22.4. The van der Waals surface area contributed by atoms with Crippen molar-refractivity contribution < 1.29 is 29.3 Å². The number of carbonyl (C=O) groups is 3. The van der Waals surface area contributed by atoms with E-state index in [2.05, 4.69) is 20.8 Å². The first-order chi connectivity index (χ1) is 24.9. The number of hydrogen-bond donors (Lipinski definition) is 2. The molecule has 0 heterocycles. The van der Waals surface area contributed by atoms with Gasteiger partial charge in [0, 0.05) is 31.1 Å². The third-order valence-corrected chi connectivity index (χ3v) is 10.8. The topological polar surface area (TPSA) is 101 Å². The summed E-state index contributed by atoms with van der Waals surface area (Å²) in [5.74, 6) is 0.375. The van der Waals surface area contributed by atoms with E-state index in [1.54, 1.807) is 0 Å². The molecule has 0 fully saturated rings. The molecule has 0 radical (unpaired) electrons. The maximum atomic E-state index is 13.5. The van der Waals surface area contributed by atoms with Crippen molar-refractivity contribution >= 4 is 17.5 Å². The van der Waals surface area contributed by atoms with Crippen molar-refractivity contribution in [3.8, 4) is 0 Å². The van der Waals surface area contributed by atoms with E-state index in [4.69, 9.17) is 9.84 Å². The lowest BCUT2D eigenvalue weighted by atomic mass is 9.83. The van der Waals surface area contributed by atoms with Crippen molar-refractivity contribution in [2.45, 2.75) is 245 Å². The zero-order chi connectivity index (χ0) is 37.6. The van der Waals surface area contributed by atoms with Crippen LogP contribution in [0.1, 0.15) is 239 Å². The van der Waals surface area contributed by atoms with E-state index in [1.807, 2.05) is 0 Å². The molecular formula is C45H86O6. The molecule has 0 aliphatic rings. The van der Waals surface area contributed by atoms with Gasteiger partial charge in [0.2, 0.25) is 0 Å². The molecule has 6 heteroatoms. The summed E-state index contributed by atoms with van der Waals surface area (Å²) in [5, 5.41) is 18.4. The molecule has 0 saturated heterocycles. The molecule has 3 atom stereocenters. The van der Waals surface area contributed by atoms with Crippen LogP contribution < -0.4 is 0 Å². The Morgan fingerprint density at radius 3 is 1.12 bits per heavy atom. The highest BCUT2D eigenvalue weighted by atomic mass is 16.5. The molecule has 0 spiro atoms. The highest BCUT2D eigenvalue weighted by Gasteiger charge is 2.23. The summed E-state index contributed by atoms with van der Waals surface area (Å²) in [6.07, 6.45) is 36.5. The molecule has 2 N–H and O–H groups in total. The van der Waals surface area contributed by atoms with Crippen LogP contribution in [0.2, 0.25) is 0 Å². The Morgan fingerprint density at radius 1 is 0.431 bits per heavy atom. The van der Waals surface area contributed by atoms with Gasteiger partial charge in [-0.15, -0.1) is 0 Å². The largest absolute Gasteiger partial charge is 0.463 e. The average Bonchev–Trinajstić information content (AvgIpc) is 3.13. The van der Waals surface area contributed by atoms with Crippen LogP contribution in [0.25, 0.3) is 0 Å². The summed E-state index contributed by atoms with van der Waals surface area (Å²) in [6, 6.07) is 0. The van der Waals surface area contributed by atoms with Crippen molar-refractivity contribution in [2.24, 2.45) is 11.8 Å². The fourth-order valence-electron chi connectivity index (χ4n) is 7.28. The molecule has 0 saturated carbocycles. The van der Waals surface area contributed by atoms with E-state index >= 15 is 0 Å². The fraction of sp³-hybridized carbons (Fsp3) is 0.933. The first-order valence-corrected chi connectivity index (χ1v) is 22.4. The van der Waals surface area contributed by atoms with E-state index in [-0.39, 0.29) is 30.8 Å². The van der Waals surface area contributed by atoms with Gasteiger partial charge in [-0.25, -0.2) is 0 Å². The minimum atomic E-state index is -1.05. The van der Waals surface area contributed by atoms with Gasteiger partial charge in [0.1, 0.15) is 24.3 Å². The molecule has 0 aromatic carbocycles. The average molecular weight is 723 g/mol. The van der Waals surface area contributed by atoms with Crippen molar-refractivity contribution in [2.75, 3.05) is 13.2 Å². The summed E-state index contributed by atoms with van der Waals surface area (Å²) in [5.41, 5.74) is 0. The van der Waals surface area contributed by atoms with E-state index < -0.39 is 12.7 Å². The summed E-state index contributed by atoms with van der Waals surface area (Å²) in [4.78, 5) is 39.1. The molecule has 0 rings (SSSR count). The smallest absolute Gasteiger partial charge is 0.305 e. The van der Waals surface area contributed by atoms with E-state index in [0.29, 0.717) is 30.8 Å². The zero-order valence-corrected chi connectivity index (χ0v) is 34.2. The molecule has 3 unspecified atom stereocenters. The number of carbonyl (C=O) groups excluding carboxylic acids is 3. The molecule has 0 aromatic heterocycles. The Morgan fingerprint density at radius 2 is 0.745 bits per heavy atom. The lowest BCUT2D eigenvalue weighted by Crippen LogP contribution is -2.22. The van der Waals surface area contributed by atoms with Gasteiger partial charge in [-0.3, -0.25) is 14.4 Å². The van der Waals surface area contributed by atoms with Crippen LogP contribution in [-0.2, 0) is 19.1 Å². The maximum Gasteiger partial charge on any atom is 0.305 e. The number of Topliss-reactive ketones (excluding diaryl/α,β-unsaturated/α-hetero) is 2. The minimum absolute atomic E-state index is 0.0520. The monoisotopic (exact) mass is 723 g/mol. The number of ether oxygens (including phenoxy) is 1. The standard InChI is InChI=1S/C45H86O6/c1-4-7-10-12-14-16-18-20-22-24-27-33-43(48)40(31-26-9-6-3)36-37-41(32-29-30-35-45(50)51-39-42(47)38-46)44(49)34-28-25-23-21-19-17-15-13-11-8-5-2/h40-42,46-47H,4-39H2,1-3H3. The Kier molecular flexibility index (Phi) is 37.5. The van der Waals surface area contributed by atoms with Crippen molar-refractivity contribution in [3.05, 3.63) is 0 Å². The van der Waals surface area contributed by atoms with Gasteiger partial charge in [-0.05, 0) is 44.9 Å². The number of rotatable bonds is 41. The maximum absolute atomic E-state index is 13.5. The van der Waals surface area contributed by atoms with Gasteiger partial charge in [-0.1, -0.05) is 175 Å². The van der Waals surface area contributed by atoms with Crippen LogP contribution in [0, 0.1) is 11.8 Å². The highest BCUT2D eigenvalue weighted by Crippen LogP contribution is 2.27. The first kappa shape index (κ1) is 49.7. The number of ketones is 2. The minimum Gasteiger partial charge on any atom is -0.463 e. The summed E-state index contributed by atoms with van der Waals surface area (Å²) in [6.45, 7) is 6.10. The predicted octanol–water partition coefficient (Wildman–Crippen LogP) is 12.6. The number of esters is 1. The van der Waals surface area contributed by atoms with Crippen molar-refractivity contribution in [1.29, 1.82) is 0 Å². The molecule has 0 amide bonds. The molecule has 0 aromatic rings. The molecule has 302 valence electrons. The second-order valence-corrected chi connectivity index (χ2v) is 15.7. The number of unbranched alkanes of at least 4 members (excludes halogenated alkanes) is 23. The van der Waals surface area contributed by atoms with Crippen LogP contribution in [0.4, 0.5) is 0 Å². The Balaban J connectivity index is 4.84. The van der Waals surface area contributed by atoms with Crippen LogP contribution in [-0.4, -0.2) is 47.1 Å². The second-order valence-electron chi connectivity index (χ2n) is 15.7. The zero-order valence-electron chi connectivity index (χ0n) is 34.2. The molecule has 6 nitrogen and oxygen atoms in total. The van der Waals surface area contributed by atoms with Crippen molar-refractivity contribution in [3.63, 3.8) is 0 Å². The molecule has 0 aliphatic heterocycles.